The van der Waals surface area contributed by atoms with Crippen LogP contribution in [0, 0.1) is 5.41 Å². The molecule has 54 valence electrons. The van der Waals surface area contributed by atoms with Crippen LogP contribution < -0.4 is 0 Å². The molecule has 0 aromatic carbocycles. The van der Waals surface area contributed by atoms with Crippen molar-refractivity contribution in [2.24, 2.45) is 5.41 Å². The Bertz CT molecular complexity index is 76.6. The molecule has 1 aliphatic rings. The van der Waals surface area contributed by atoms with E-state index in [-0.39, 0.29) is 0 Å². The Morgan fingerprint density at radius 3 is 2.67 bits per heavy atom. The molecule has 1 aliphatic heterocycles. The predicted molar refractivity (Wildman–Crippen MR) is 38.5 cm³/mol. The zero-order valence-electron chi connectivity index (χ0n) is 6.44. The van der Waals surface area contributed by atoms with Gasteiger partial charge in [0.15, 0.2) is 0 Å². The summed E-state index contributed by atoms with van der Waals surface area (Å²) in [5.74, 6) is 0. The number of hydrogen-bond acceptors (Lipinski definition) is 1. The molecule has 0 amide bonds. The van der Waals surface area contributed by atoms with Crippen LogP contribution in [0.4, 0.5) is 0 Å². The van der Waals surface area contributed by atoms with Crippen LogP contribution in [0.5, 0.6) is 0 Å². The molecule has 0 radical (unpaired) electrons. The first-order valence-electron chi connectivity index (χ1n) is 3.78. The highest BCUT2D eigenvalue weighted by molar-refractivity contribution is 4.69. The summed E-state index contributed by atoms with van der Waals surface area (Å²) < 4.78 is 5.33. The third-order valence-electron chi connectivity index (χ3n) is 2.07. The van der Waals surface area contributed by atoms with Gasteiger partial charge in [0.05, 0.1) is 0 Å². The Morgan fingerprint density at radius 1 is 1.11 bits per heavy atom. The molecule has 0 saturated carbocycles. The average Bonchev–Trinajstić information content (AvgIpc) is 1.92. The molecule has 0 aromatic heterocycles. The van der Waals surface area contributed by atoms with E-state index in [1.807, 2.05) is 0 Å². The Morgan fingerprint density at radius 2 is 1.89 bits per heavy atom. The van der Waals surface area contributed by atoms with Crippen molar-refractivity contribution >= 4 is 0 Å². The van der Waals surface area contributed by atoms with Gasteiger partial charge in [-0.05, 0) is 24.7 Å². The lowest BCUT2D eigenvalue weighted by Gasteiger charge is -2.20. The molecule has 0 unspecified atom stereocenters. The second-order valence-electron chi connectivity index (χ2n) is 3.63. The summed E-state index contributed by atoms with van der Waals surface area (Å²) in [5.41, 5.74) is 0.538. The third kappa shape index (κ3) is 2.35. The first-order chi connectivity index (χ1) is 4.21. The fourth-order valence-corrected chi connectivity index (χ4v) is 1.23. The largest absolute Gasteiger partial charge is 0.381 e. The van der Waals surface area contributed by atoms with E-state index in [0.29, 0.717) is 5.41 Å². The smallest absolute Gasteiger partial charge is 0.0471 e. The van der Waals surface area contributed by atoms with E-state index in [1.165, 1.54) is 19.3 Å². The highest BCUT2D eigenvalue weighted by atomic mass is 16.5. The summed E-state index contributed by atoms with van der Waals surface area (Å²) in [4.78, 5) is 0. The van der Waals surface area contributed by atoms with Gasteiger partial charge < -0.3 is 4.74 Å². The normalized spacial score (nSPS) is 27.3. The number of rotatable bonds is 0. The van der Waals surface area contributed by atoms with Crippen molar-refractivity contribution in [2.45, 2.75) is 33.1 Å². The lowest BCUT2D eigenvalue weighted by molar-refractivity contribution is 0.136. The molecule has 1 rings (SSSR count). The molecule has 0 spiro atoms. The van der Waals surface area contributed by atoms with Crippen LogP contribution in [0.1, 0.15) is 33.1 Å². The molecule has 1 nitrogen and oxygen atoms in total. The van der Waals surface area contributed by atoms with Crippen LogP contribution in [-0.4, -0.2) is 13.2 Å². The second-order valence-corrected chi connectivity index (χ2v) is 3.63. The van der Waals surface area contributed by atoms with Crippen molar-refractivity contribution in [3.8, 4) is 0 Å². The summed E-state index contributed by atoms with van der Waals surface area (Å²) >= 11 is 0. The Kier molecular flexibility index (Phi) is 2.12. The molecule has 9 heavy (non-hydrogen) atoms. The van der Waals surface area contributed by atoms with Gasteiger partial charge in [0, 0.05) is 13.2 Å². The maximum atomic E-state index is 5.33. The SMILES string of the molecule is CC1(C)CCCOCC1. The van der Waals surface area contributed by atoms with Crippen molar-refractivity contribution < 1.29 is 4.74 Å². The van der Waals surface area contributed by atoms with Crippen molar-refractivity contribution in [1.29, 1.82) is 0 Å². The lowest BCUT2D eigenvalue weighted by Crippen LogP contribution is -2.10. The van der Waals surface area contributed by atoms with Gasteiger partial charge in [-0.25, -0.2) is 0 Å². The van der Waals surface area contributed by atoms with E-state index in [0.717, 1.165) is 13.2 Å². The molecule has 0 atom stereocenters. The molecular weight excluding hydrogens is 112 g/mol. The van der Waals surface area contributed by atoms with E-state index in [1.54, 1.807) is 0 Å². The molecule has 0 aromatic rings. The van der Waals surface area contributed by atoms with E-state index >= 15 is 0 Å². The van der Waals surface area contributed by atoms with Crippen LogP contribution in [0.3, 0.4) is 0 Å². The molecule has 1 heterocycles. The fourth-order valence-electron chi connectivity index (χ4n) is 1.23. The summed E-state index contributed by atoms with van der Waals surface area (Å²) in [7, 11) is 0. The summed E-state index contributed by atoms with van der Waals surface area (Å²) in [6.45, 7) is 6.58. The first kappa shape index (κ1) is 7.07. The van der Waals surface area contributed by atoms with Gasteiger partial charge in [-0.3, -0.25) is 0 Å². The van der Waals surface area contributed by atoms with Crippen molar-refractivity contribution in [3.05, 3.63) is 0 Å². The maximum Gasteiger partial charge on any atom is 0.0471 e. The highest BCUT2D eigenvalue weighted by Gasteiger charge is 2.19. The second kappa shape index (κ2) is 2.70. The zero-order valence-corrected chi connectivity index (χ0v) is 6.44. The van der Waals surface area contributed by atoms with Gasteiger partial charge in [-0.1, -0.05) is 13.8 Å². The van der Waals surface area contributed by atoms with Crippen LogP contribution >= 0.6 is 0 Å². The highest BCUT2D eigenvalue weighted by Crippen LogP contribution is 2.28. The van der Waals surface area contributed by atoms with Crippen LogP contribution in [-0.2, 0) is 4.74 Å². The third-order valence-corrected chi connectivity index (χ3v) is 2.07. The van der Waals surface area contributed by atoms with Crippen LogP contribution in [0.2, 0.25) is 0 Å². The average molecular weight is 128 g/mol. The minimum Gasteiger partial charge on any atom is -0.381 e. The maximum absolute atomic E-state index is 5.33. The van der Waals surface area contributed by atoms with Crippen molar-refractivity contribution in [3.63, 3.8) is 0 Å². The van der Waals surface area contributed by atoms with Gasteiger partial charge in [-0.2, -0.15) is 0 Å². The first-order valence-corrected chi connectivity index (χ1v) is 3.78. The molecule has 1 heteroatoms. The summed E-state index contributed by atoms with van der Waals surface area (Å²) in [6, 6.07) is 0. The van der Waals surface area contributed by atoms with Gasteiger partial charge in [0.2, 0.25) is 0 Å². The van der Waals surface area contributed by atoms with Gasteiger partial charge in [0.1, 0.15) is 0 Å². The van der Waals surface area contributed by atoms with Crippen molar-refractivity contribution in [2.75, 3.05) is 13.2 Å². The van der Waals surface area contributed by atoms with Crippen LogP contribution in [0.15, 0.2) is 0 Å². The summed E-state index contributed by atoms with van der Waals surface area (Å²) in [6.07, 6.45) is 3.80. The standard InChI is InChI=1S/C8H16O/c1-8(2)4-3-6-9-7-5-8/h3-7H2,1-2H3. The van der Waals surface area contributed by atoms with E-state index < -0.39 is 0 Å². The lowest BCUT2D eigenvalue weighted by atomic mass is 9.85. The van der Waals surface area contributed by atoms with Crippen molar-refractivity contribution in [1.82, 2.24) is 0 Å². The Balaban J connectivity index is 2.36. The van der Waals surface area contributed by atoms with E-state index in [2.05, 4.69) is 13.8 Å². The van der Waals surface area contributed by atoms with Gasteiger partial charge in [-0.15, -0.1) is 0 Å². The summed E-state index contributed by atoms with van der Waals surface area (Å²) in [5, 5.41) is 0. The quantitative estimate of drug-likeness (QED) is 0.486. The predicted octanol–water partition coefficient (Wildman–Crippen LogP) is 2.21. The van der Waals surface area contributed by atoms with E-state index in [9.17, 15) is 0 Å². The van der Waals surface area contributed by atoms with Gasteiger partial charge >= 0.3 is 0 Å². The molecule has 1 saturated heterocycles. The molecule has 0 aliphatic carbocycles. The molecule has 1 fully saturated rings. The molecule has 0 N–H and O–H groups in total. The topological polar surface area (TPSA) is 9.23 Å². The Hall–Kier alpha value is -0.0400. The van der Waals surface area contributed by atoms with Gasteiger partial charge in [0.25, 0.3) is 0 Å². The minimum absolute atomic E-state index is 0.538. The number of ether oxygens (including phenoxy) is 1. The fraction of sp³-hybridized carbons (Fsp3) is 1.00. The van der Waals surface area contributed by atoms with Crippen LogP contribution in [0.25, 0.3) is 0 Å². The van der Waals surface area contributed by atoms with E-state index in [4.69, 9.17) is 4.74 Å². The monoisotopic (exact) mass is 128 g/mol. The molecular formula is C8H16O. The number of hydrogen-bond donors (Lipinski definition) is 0. The minimum atomic E-state index is 0.538. The Labute approximate surface area is 57.4 Å². The molecule has 0 bridgehead atoms. The zero-order chi connectivity index (χ0) is 6.74.